The third-order valence-electron chi connectivity index (χ3n) is 3.54. The number of alkyl halides is 3. The molecule has 2 rings (SSSR count). The van der Waals surface area contributed by atoms with Crippen molar-refractivity contribution in [3.05, 3.63) is 41.3 Å². The van der Waals surface area contributed by atoms with Gasteiger partial charge in [0.2, 0.25) is 5.78 Å². The van der Waals surface area contributed by atoms with Crippen molar-refractivity contribution in [2.45, 2.75) is 5.92 Å². The maximum absolute atomic E-state index is 14.1. The number of pyridine rings is 1. The van der Waals surface area contributed by atoms with E-state index in [-0.39, 0.29) is 22.4 Å². The van der Waals surface area contributed by atoms with Gasteiger partial charge in [-0.15, -0.1) is 0 Å². The number of amides is 1. The SMILES string of the molecule is COC(=O)COc1ncccc1Oc1cc(NC(=O)C(F)(F)C(=O)CF)c(F)cc1Cl. The van der Waals surface area contributed by atoms with Crippen LogP contribution in [0.25, 0.3) is 0 Å². The fourth-order valence-electron chi connectivity index (χ4n) is 1.98. The summed E-state index contributed by atoms with van der Waals surface area (Å²) in [5, 5.41) is 1.15. The molecule has 1 aromatic carbocycles. The van der Waals surface area contributed by atoms with Gasteiger partial charge in [0, 0.05) is 12.3 Å². The quantitative estimate of drug-likeness (QED) is 0.345. The number of nitrogens with one attached hydrogen (secondary N) is 1. The number of rotatable bonds is 9. The van der Waals surface area contributed by atoms with Gasteiger partial charge in [0.15, 0.2) is 19.0 Å². The highest BCUT2D eigenvalue weighted by Gasteiger charge is 2.47. The highest BCUT2D eigenvalue weighted by Crippen LogP contribution is 2.37. The van der Waals surface area contributed by atoms with Crippen LogP contribution in [0.3, 0.4) is 0 Å². The molecule has 31 heavy (non-hydrogen) atoms. The summed E-state index contributed by atoms with van der Waals surface area (Å²) in [6.45, 7) is -2.60. The third-order valence-corrected chi connectivity index (χ3v) is 3.83. The van der Waals surface area contributed by atoms with Gasteiger partial charge in [0.1, 0.15) is 11.6 Å². The fourth-order valence-corrected chi connectivity index (χ4v) is 2.17. The molecular weight excluding hydrogens is 452 g/mol. The van der Waals surface area contributed by atoms with Crippen LogP contribution >= 0.6 is 11.6 Å². The summed E-state index contributed by atoms with van der Waals surface area (Å²) < 4.78 is 68.4. The molecular formula is C18H13ClF4N2O6. The van der Waals surface area contributed by atoms with Gasteiger partial charge in [0.25, 0.3) is 5.88 Å². The first-order valence-corrected chi connectivity index (χ1v) is 8.58. The maximum atomic E-state index is 14.1. The Bertz CT molecular complexity index is 1010. The van der Waals surface area contributed by atoms with Crippen molar-refractivity contribution in [1.29, 1.82) is 0 Å². The second kappa shape index (κ2) is 10.1. The highest BCUT2D eigenvalue weighted by molar-refractivity contribution is 6.32. The largest absolute Gasteiger partial charge is 0.466 e. The van der Waals surface area contributed by atoms with Gasteiger partial charge >= 0.3 is 17.8 Å². The number of benzene rings is 1. The zero-order chi connectivity index (χ0) is 23.2. The molecule has 8 nitrogen and oxygen atoms in total. The Morgan fingerprint density at radius 2 is 1.94 bits per heavy atom. The average Bonchev–Trinajstić information content (AvgIpc) is 2.75. The lowest BCUT2D eigenvalue weighted by Gasteiger charge is -2.16. The minimum atomic E-state index is -4.72. The minimum Gasteiger partial charge on any atom is -0.466 e. The average molecular weight is 465 g/mol. The van der Waals surface area contributed by atoms with Gasteiger partial charge in [-0.05, 0) is 18.2 Å². The Morgan fingerprint density at radius 1 is 1.23 bits per heavy atom. The zero-order valence-electron chi connectivity index (χ0n) is 15.6. The number of Topliss-reactive ketones (excluding diaryl/α,β-unsaturated/α-hetero) is 1. The van der Waals surface area contributed by atoms with E-state index in [1.165, 1.54) is 23.6 Å². The Morgan fingerprint density at radius 3 is 2.58 bits per heavy atom. The first kappa shape index (κ1) is 23.9. The molecule has 0 radical (unpaired) electrons. The van der Waals surface area contributed by atoms with Crippen molar-refractivity contribution in [3.63, 3.8) is 0 Å². The smallest absolute Gasteiger partial charge is 0.384 e. The highest BCUT2D eigenvalue weighted by atomic mass is 35.5. The van der Waals surface area contributed by atoms with Crippen LogP contribution in [0.2, 0.25) is 5.02 Å². The van der Waals surface area contributed by atoms with Crippen LogP contribution in [0, 0.1) is 5.82 Å². The van der Waals surface area contributed by atoms with Gasteiger partial charge in [-0.1, -0.05) is 11.6 Å². The molecule has 1 heterocycles. The zero-order valence-corrected chi connectivity index (χ0v) is 16.3. The minimum absolute atomic E-state index is 0.102. The number of carbonyl (C=O) groups is 3. The normalized spacial score (nSPS) is 10.9. The van der Waals surface area contributed by atoms with Crippen molar-refractivity contribution in [2.75, 3.05) is 25.7 Å². The van der Waals surface area contributed by atoms with Crippen molar-refractivity contribution in [1.82, 2.24) is 4.98 Å². The topological polar surface area (TPSA) is 104 Å². The van der Waals surface area contributed by atoms with Crippen molar-refractivity contribution in [3.8, 4) is 17.4 Å². The maximum Gasteiger partial charge on any atom is 0.384 e. The lowest BCUT2D eigenvalue weighted by Crippen LogP contribution is -2.43. The molecule has 0 saturated heterocycles. The number of methoxy groups -OCH3 is 1. The van der Waals surface area contributed by atoms with Gasteiger partial charge in [0.05, 0.1) is 17.8 Å². The Labute approximate surface area is 177 Å². The number of ether oxygens (including phenoxy) is 3. The number of aromatic nitrogens is 1. The number of halogens is 5. The molecule has 0 fully saturated rings. The molecule has 1 aromatic heterocycles. The van der Waals surface area contributed by atoms with E-state index in [4.69, 9.17) is 21.1 Å². The summed E-state index contributed by atoms with van der Waals surface area (Å²) in [5.74, 6) is -11.8. The van der Waals surface area contributed by atoms with Crippen molar-refractivity contribution in [2.24, 2.45) is 0 Å². The van der Waals surface area contributed by atoms with Crippen LogP contribution < -0.4 is 14.8 Å². The van der Waals surface area contributed by atoms with E-state index < -0.39 is 48.4 Å². The summed E-state index contributed by atoms with van der Waals surface area (Å²) in [6, 6.07) is 4.16. The van der Waals surface area contributed by atoms with Crippen LogP contribution in [0.1, 0.15) is 0 Å². The lowest BCUT2D eigenvalue weighted by molar-refractivity contribution is -0.155. The Kier molecular flexibility index (Phi) is 7.75. The molecule has 0 aliphatic carbocycles. The van der Waals surface area contributed by atoms with Crippen LogP contribution in [-0.4, -0.2) is 49.0 Å². The predicted molar refractivity (Wildman–Crippen MR) is 97.8 cm³/mol. The molecule has 1 N–H and O–H groups in total. The van der Waals surface area contributed by atoms with E-state index in [1.54, 1.807) is 0 Å². The first-order valence-electron chi connectivity index (χ1n) is 8.20. The standard InChI is InChI=1S/C18H13ClF4N2O6/c1-29-15(27)8-30-16-12(3-2-4-24-16)31-13-6-11(10(21)5-9(13)19)25-17(28)18(22,23)14(26)7-20/h2-6H,7-8H2,1H3,(H,25,28). The van der Waals surface area contributed by atoms with Gasteiger partial charge in [-0.3, -0.25) is 9.59 Å². The lowest BCUT2D eigenvalue weighted by atomic mass is 10.2. The van der Waals surface area contributed by atoms with Crippen molar-refractivity contribution >= 4 is 34.9 Å². The number of hydrogen-bond donors (Lipinski definition) is 1. The number of anilines is 1. The Hall–Kier alpha value is -3.41. The summed E-state index contributed by atoms with van der Waals surface area (Å²) in [6.07, 6.45) is 1.31. The Balaban J connectivity index is 2.29. The van der Waals surface area contributed by atoms with Crippen LogP contribution in [0.15, 0.2) is 30.5 Å². The molecule has 166 valence electrons. The molecule has 2 aromatic rings. The number of hydrogen-bond acceptors (Lipinski definition) is 7. The second-order valence-electron chi connectivity index (χ2n) is 5.62. The van der Waals surface area contributed by atoms with Crippen LogP contribution in [-0.2, 0) is 19.1 Å². The van der Waals surface area contributed by atoms with Gasteiger partial charge < -0.3 is 19.5 Å². The first-order chi connectivity index (χ1) is 14.6. The van der Waals surface area contributed by atoms with Crippen molar-refractivity contribution < 1.29 is 46.2 Å². The third kappa shape index (κ3) is 5.81. The molecule has 0 aliphatic heterocycles. The summed E-state index contributed by atoms with van der Waals surface area (Å²) in [4.78, 5) is 37.6. The molecule has 0 bridgehead atoms. The molecule has 0 saturated carbocycles. The molecule has 13 heteroatoms. The molecule has 0 aliphatic rings. The van der Waals surface area contributed by atoms with E-state index in [9.17, 15) is 31.9 Å². The molecule has 0 unspecified atom stereocenters. The summed E-state index contributed by atoms with van der Waals surface area (Å²) >= 11 is 5.89. The number of nitrogens with zero attached hydrogens (tertiary/aromatic N) is 1. The van der Waals surface area contributed by atoms with E-state index in [0.29, 0.717) is 6.07 Å². The van der Waals surface area contributed by atoms with Crippen LogP contribution in [0.4, 0.5) is 23.2 Å². The van der Waals surface area contributed by atoms with E-state index in [2.05, 4.69) is 9.72 Å². The molecule has 0 spiro atoms. The van der Waals surface area contributed by atoms with E-state index >= 15 is 0 Å². The fraction of sp³-hybridized carbons (Fsp3) is 0.222. The van der Waals surface area contributed by atoms with Gasteiger partial charge in [-0.25, -0.2) is 18.6 Å². The summed E-state index contributed by atoms with van der Waals surface area (Å²) in [5.41, 5.74) is -0.823. The summed E-state index contributed by atoms with van der Waals surface area (Å²) in [7, 11) is 1.14. The number of esters is 1. The second-order valence-corrected chi connectivity index (χ2v) is 6.03. The monoisotopic (exact) mass is 464 g/mol. The predicted octanol–water partition coefficient (Wildman–Crippen LogP) is 3.33. The molecule has 0 atom stereocenters. The van der Waals surface area contributed by atoms with E-state index in [1.807, 2.05) is 0 Å². The number of ketones is 1. The van der Waals surface area contributed by atoms with E-state index in [0.717, 1.165) is 13.2 Å². The molecule has 1 amide bonds. The van der Waals surface area contributed by atoms with Gasteiger partial charge in [-0.2, -0.15) is 8.78 Å². The van der Waals surface area contributed by atoms with Crippen LogP contribution in [0.5, 0.6) is 17.4 Å². The number of carbonyl (C=O) groups excluding carboxylic acids is 3.